The smallest absolute Gasteiger partial charge is 0.325 e. The van der Waals surface area contributed by atoms with Gasteiger partial charge in [-0.05, 0) is 18.6 Å². The number of imidazole rings is 1. The highest BCUT2D eigenvalue weighted by Gasteiger charge is 2.13. The Labute approximate surface area is 143 Å². The average Bonchev–Trinajstić information content (AvgIpc) is 3.08. The van der Waals surface area contributed by atoms with Gasteiger partial charge in [-0.1, -0.05) is 0 Å². The van der Waals surface area contributed by atoms with Crippen molar-refractivity contribution in [2.75, 3.05) is 14.2 Å². The van der Waals surface area contributed by atoms with Gasteiger partial charge < -0.3 is 19.0 Å². The fourth-order valence-electron chi connectivity index (χ4n) is 2.58. The van der Waals surface area contributed by atoms with E-state index in [0.29, 0.717) is 30.0 Å². The highest BCUT2D eigenvalue weighted by atomic mass is 16.5. The SMILES string of the molecule is COc1ccc(-c2nccn2CCc2c[nH]c(=O)[nH]c2=O)c(OC)c1. The summed E-state index contributed by atoms with van der Waals surface area (Å²) >= 11 is 0. The second-order valence-electron chi connectivity index (χ2n) is 5.36. The van der Waals surface area contributed by atoms with Crippen LogP contribution in [0.1, 0.15) is 5.56 Å². The number of aromatic amines is 2. The number of rotatable bonds is 6. The lowest BCUT2D eigenvalue weighted by Crippen LogP contribution is -2.25. The van der Waals surface area contributed by atoms with Crippen LogP contribution in [0.25, 0.3) is 11.4 Å². The first kappa shape index (κ1) is 16.6. The summed E-state index contributed by atoms with van der Waals surface area (Å²) in [5.74, 6) is 2.06. The monoisotopic (exact) mass is 342 g/mol. The Morgan fingerprint density at radius 3 is 2.76 bits per heavy atom. The molecule has 0 bridgehead atoms. The summed E-state index contributed by atoms with van der Waals surface area (Å²) in [5, 5.41) is 0. The number of aryl methyl sites for hydroxylation is 2. The first-order chi connectivity index (χ1) is 12.1. The third-order valence-electron chi connectivity index (χ3n) is 3.88. The summed E-state index contributed by atoms with van der Waals surface area (Å²) in [6.45, 7) is 0.527. The summed E-state index contributed by atoms with van der Waals surface area (Å²) in [6, 6.07) is 5.51. The molecule has 8 heteroatoms. The molecular weight excluding hydrogens is 324 g/mol. The van der Waals surface area contributed by atoms with Crippen LogP contribution >= 0.6 is 0 Å². The highest BCUT2D eigenvalue weighted by Crippen LogP contribution is 2.32. The fourth-order valence-corrected chi connectivity index (χ4v) is 2.58. The second kappa shape index (κ2) is 7.08. The van der Waals surface area contributed by atoms with Crippen molar-refractivity contribution in [1.82, 2.24) is 19.5 Å². The van der Waals surface area contributed by atoms with Gasteiger partial charge in [-0.25, -0.2) is 9.78 Å². The molecule has 0 atom stereocenters. The summed E-state index contributed by atoms with van der Waals surface area (Å²) in [5.41, 5.74) is 0.428. The number of aromatic nitrogens is 4. The van der Waals surface area contributed by atoms with Crippen LogP contribution < -0.4 is 20.7 Å². The number of H-pyrrole nitrogens is 2. The van der Waals surface area contributed by atoms with E-state index >= 15 is 0 Å². The van der Waals surface area contributed by atoms with Crippen molar-refractivity contribution in [2.24, 2.45) is 0 Å². The van der Waals surface area contributed by atoms with Crippen molar-refractivity contribution in [2.45, 2.75) is 13.0 Å². The molecule has 0 aliphatic carbocycles. The number of methoxy groups -OCH3 is 2. The van der Waals surface area contributed by atoms with Crippen molar-refractivity contribution < 1.29 is 9.47 Å². The van der Waals surface area contributed by atoms with Crippen LogP contribution in [-0.2, 0) is 13.0 Å². The lowest BCUT2D eigenvalue weighted by atomic mass is 10.1. The molecule has 3 rings (SSSR count). The molecule has 2 N–H and O–H groups in total. The van der Waals surface area contributed by atoms with Gasteiger partial charge in [0.05, 0.1) is 19.8 Å². The molecule has 0 fully saturated rings. The average molecular weight is 342 g/mol. The van der Waals surface area contributed by atoms with E-state index in [4.69, 9.17) is 9.47 Å². The van der Waals surface area contributed by atoms with Crippen LogP contribution in [0.5, 0.6) is 11.5 Å². The van der Waals surface area contributed by atoms with Crippen molar-refractivity contribution >= 4 is 0 Å². The van der Waals surface area contributed by atoms with Gasteiger partial charge in [0.15, 0.2) is 0 Å². The maximum absolute atomic E-state index is 11.8. The third kappa shape index (κ3) is 3.47. The van der Waals surface area contributed by atoms with E-state index in [-0.39, 0.29) is 5.56 Å². The first-order valence-electron chi connectivity index (χ1n) is 7.67. The van der Waals surface area contributed by atoms with Crippen molar-refractivity contribution in [3.05, 3.63) is 63.2 Å². The zero-order valence-corrected chi connectivity index (χ0v) is 13.9. The Kier molecular flexibility index (Phi) is 4.69. The summed E-state index contributed by atoms with van der Waals surface area (Å²) in [6.07, 6.45) is 5.41. The van der Waals surface area contributed by atoms with Crippen LogP contribution in [0.3, 0.4) is 0 Å². The Bertz CT molecular complexity index is 987. The third-order valence-corrected chi connectivity index (χ3v) is 3.88. The van der Waals surface area contributed by atoms with Gasteiger partial charge in [0, 0.05) is 36.8 Å². The van der Waals surface area contributed by atoms with Gasteiger partial charge in [0.25, 0.3) is 5.56 Å². The molecule has 0 unspecified atom stereocenters. The maximum atomic E-state index is 11.8. The van der Waals surface area contributed by atoms with E-state index in [2.05, 4.69) is 15.0 Å². The van der Waals surface area contributed by atoms with Crippen LogP contribution in [0.4, 0.5) is 0 Å². The van der Waals surface area contributed by atoms with Gasteiger partial charge in [0.1, 0.15) is 17.3 Å². The lowest BCUT2D eigenvalue weighted by molar-refractivity contribution is 0.395. The molecule has 25 heavy (non-hydrogen) atoms. The van der Waals surface area contributed by atoms with Gasteiger partial charge in [-0.2, -0.15) is 0 Å². The highest BCUT2D eigenvalue weighted by molar-refractivity contribution is 5.66. The number of hydrogen-bond donors (Lipinski definition) is 2. The van der Waals surface area contributed by atoms with Gasteiger partial charge in [0.2, 0.25) is 0 Å². The zero-order chi connectivity index (χ0) is 17.8. The largest absolute Gasteiger partial charge is 0.497 e. The minimum absolute atomic E-state index is 0.382. The molecule has 0 saturated heterocycles. The number of hydrogen-bond acceptors (Lipinski definition) is 5. The number of nitrogens with one attached hydrogen (secondary N) is 2. The molecule has 2 aromatic heterocycles. The van der Waals surface area contributed by atoms with Gasteiger partial charge in [-0.3, -0.25) is 9.78 Å². The number of ether oxygens (including phenoxy) is 2. The van der Waals surface area contributed by atoms with Crippen LogP contribution in [0, 0.1) is 0 Å². The molecule has 0 radical (unpaired) electrons. The van der Waals surface area contributed by atoms with Crippen molar-refractivity contribution in [3.8, 4) is 22.9 Å². The summed E-state index contributed by atoms with van der Waals surface area (Å²) < 4.78 is 12.6. The molecule has 8 nitrogen and oxygen atoms in total. The van der Waals surface area contributed by atoms with E-state index in [1.807, 2.05) is 22.9 Å². The Morgan fingerprint density at radius 2 is 2.04 bits per heavy atom. The predicted molar refractivity (Wildman–Crippen MR) is 92.2 cm³/mol. The maximum Gasteiger partial charge on any atom is 0.325 e. The van der Waals surface area contributed by atoms with Crippen LogP contribution in [0.15, 0.2) is 46.4 Å². The molecule has 0 saturated carbocycles. The normalized spacial score (nSPS) is 10.6. The minimum Gasteiger partial charge on any atom is -0.497 e. The molecule has 2 heterocycles. The van der Waals surface area contributed by atoms with Crippen molar-refractivity contribution in [1.29, 1.82) is 0 Å². The molecule has 1 aromatic carbocycles. The molecule has 3 aromatic rings. The first-order valence-corrected chi connectivity index (χ1v) is 7.67. The predicted octanol–water partition coefficient (Wildman–Crippen LogP) is 1.19. The quantitative estimate of drug-likeness (QED) is 0.700. The minimum atomic E-state index is -0.514. The Hall–Kier alpha value is -3.29. The van der Waals surface area contributed by atoms with E-state index in [9.17, 15) is 9.59 Å². The zero-order valence-electron chi connectivity index (χ0n) is 13.9. The van der Waals surface area contributed by atoms with E-state index in [1.165, 1.54) is 6.20 Å². The Balaban J connectivity index is 1.88. The molecule has 0 spiro atoms. The van der Waals surface area contributed by atoms with Gasteiger partial charge >= 0.3 is 5.69 Å². The molecule has 0 aliphatic heterocycles. The standard InChI is InChI=1S/C17H18N4O4/c1-24-12-3-4-13(14(9-12)25-2)15-18-6-8-21(15)7-5-11-10-19-17(23)20-16(11)22/h3-4,6,8-10H,5,7H2,1-2H3,(H2,19,20,22,23). The second-order valence-corrected chi connectivity index (χ2v) is 5.36. The van der Waals surface area contributed by atoms with E-state index < -0.39 is 5.69 Å². The Morgan fingerprint density at radius 1 is 1.20 bits per heavy atom. The lowest BCUT2D eigenvalue weighted by Gasteiger charge is -2.12. The summed E-state index contributed by atoms with van der Waals surface area (Å²) in [7, 11) is 3.18. The summed E-state index contributed by atoms with van der Waals surface area (Å²) in [4.78, 5) is 32.0. The molecule has 0 amide bonds. The van der Waals surface area contributed by atoms with E-state index in [1.54, 1.807) is 26.5 Å². The topological polar surface area (TPSA) is 102 Å². The van der Waals surface area contributed by atoms with Crippen molar-refractivity contribution in [3.63, 3.8) is 0 Å². The number of benzene rings is 1. The molecule has 130 valence electrons. The fraction of sp³-hybridized carbons (Fsp3) is 0.235. The molecule has 0 aliphatic rings. The number of nitrogens with zero attached hydrogens (tertiary/aromatic N) is 2. The van der Waals surface area contributed by atoms with Crippen LogP contribution in [0.2, 0.25) is 0 Å². The van der Waals surface area contributed by atoms with E-state index in [0.717, 1.165) is 11.4 Å². The van der Waals surface area contributed by atoms with Gasteiger partial charge in [-0.15, -0.1) is 0 Å². The molecular formula is C17H18N4O4. The van der Waals surface area contributed by atoms with Crippen LogP contribution in [-0.4, -0.2) is 33.7 Å².